The van der Waals surface area contributed by atoms with Crippen LogP contribution in [0.4, 0.5) is 10.1 Å². The van der Waals surface area contributed by atoms with Gasteiger partial charge in [-0.15, -0.1) is 0 Å². The predicted molar refractivity (Wildman–Crippen MR) is 95.7 cm³/mol. The summed E-state index contributed by atoms with van der Waals surface area (Å²) in [6.07, 6.45) is -1.24. The van der Waals surface area contributed by atoms with Gasteiger partial charge in [-0.2, -0.15) is 0 Å². The summed E-state index contributed by atoms with van der Waals surface area (Å²) >= 11 is 0. The van der Waals surface area contributed by atoms with Gasteiger partial charge in [0.1, 0.15) is 5.82 Å². The molecular formula is C19H17FN2O5. The third kappa shape index (κ3) is 4.22. The smallest absolute Gasteiger partial charge is 0.419 e. The van der Waals surface area contributed by atoms with Gasteiger partial charge in [0.05, 0.1) is 17.6 Å². The van der Waals surface area contributed by atoms with Crippen LogP contribution in [0.3, 0.4) is 0 Å². The Morgan fingerprint density at radius 1 is 1.19 bits per heavy atom. The van der Waals surface area contributed by atoms with Crippen LogP contribution >= 0.6 is 0 Å². The quantitative estimate of drug-likeness (QED) is 0.672. The molecule has 2 aromatic carbocycles. The molecule has 1 N–H and O–H groups in total. The molecule has 0 unspecified atom stereocenters. The first-order valence-corrected chi connectivity index (χ1v) is 8.29. The predicted octanol–water partition coefficient (Wildman–Crippen LogP) is 2.69. The highest BCUT2D eigenvalue weighted by Crippen LogP contribution is 2.14. The number of fused-ring (bicyclic) bond motifs is 1. The molecule has 1 amide bonds. The fourth-order valence-corrected chi connectivity index (χ4v) is 2.54. The number of carbonyl (C=O) groups excluding carboxylic acids is 2. The molecule has 3 rings (SSSR count). The number of nitrogens with zero attached hydrogens (tertiary/aromatic N) is 1. The number of nitrogens with one attached hydrogen (secondary N) is 1. The first-order valence-electron chi connectivity index (χ1n) is 8.29. The van der Waals surface area contributed by atoms with E-state index in [2.05, 4.69) is 5.32 Å². The number of ether oxygens (including phenoxy) is 1. The highest BCUT2D eigenvalue weighted by molar-refractivity contribution is 5.95. The van der Waals surface area contributed by atoms with E-state index in [9.17, 15) is 18.8 Å². The number of para-hydroxylation sites is 3. The Morgan fingerprint density at radius 2 is 1.89 bits per heavy atom. The van der Waals surface area contributed by atoms with Gasteiger partial charge in [0.15, 0.2) is 11.7 Å². The standard InChI is InChI=1S/C19H17FN2O5/c1-12(18(24)21-14-7-3-2-6-13(14)20)26-17(23)10-11-22-15-8-4-5-9-16(15)27-19(22)25/h2-9,12H,10-11H2,1H3,(H,21,24)/t12-/m0/s1. The topological polar surface area (TPSA) is 90.5 Å². The molecule has 0 radical (unpaired) electrons. The van der Waals surface area contributed by atoms with Crippen LogP contribution in [0.2, 0.25) is 0 Å². The van der Waals surface area contributed by atoms with Crippen LogP contribution in [0.5, 0.6) is 0 Å². The number of rotatable bonds is 6. The number of oxazole rings is 1. The molecule has 0 saturated carbocycles. The van der Waals surface area contributed by atoms with E-state index in [0.29, 0.717) is 11.1 Å². The Labute approximate surface area is 153 Å². The van der Waals surface area contributed by atoms with E-state index in [1.54, 1.807) is 30.3 Å². The van der Waals surface area contributed by atoms with Crippen molar-refractivity contribution in [2.45, 2.75) is 26.0 Å². The van der Waals surface area contributed by atoms with Crippen molar-refractivity contribution in [2.75, 3.05) is 5.32 Å². The van der Waals surface area contributed by atoms with E-state index in [1.807, 2.05) is 0 Å². The van der Waals surface area contributed by atoms with Gasteiger partial charge in [0.2, 0.25) is 0 Å². The SMILES string of the molecule is C[C@H](OC(=O)CCn1c(=O)oc2ccccc21)C(=O)Nc1ccccc1F. The van der Waals surface area contributed by atoms with Crippen LogP contribution in [0.1, 0.15) is 13.3 Å². The Hall–Kier alpha value is -3.42. The summed E-state index contributed by atoms with van der Waals surface area (Å²) in [6.45, 7) is 1.43. The highest BCUT2D eigenvalue weighted by atomic mass is 19.1. The van der Waals surface area contributed by atoms with Crippen molar-refractivity contribution in [1.82, 2.24) is 4.57 Å². The minimum Gasteiger partial charge on any atom is -0.452 e. The zero-order valence-corrected chi connectivity index (χ0v) is 14.5. The van der Waals surface area contributed by atoms with Crippen molar-refractivity contribution in [1.29, 1.82) is 0 Å². The zero-order chi connectivity index (χ0) is 19.4. The van der Waals surface area contributed by atoms with Crippen LogP contribution in [-0.4, -0.2) is 22.5 Å². The van der Waals surface area contributed by atoms with Gasteiger partial charge in [-0.3, -0.25) is 14.2 Å². The van der Waals surface area contributed by atoms with Gasteiger partial charge in [0.25, 0.3) is 5.91 Å². The normalized spacial score (nSPS) is 11.9. The van der Waals surface area contributed by atoms with E-state index in [-0.39, 0.29) is 18.7 Å². The molecule has 1 aromatic heterocycles. The lowest BCUT2D eigenvalue weighted by molar-refractivity contribution is -0.153. The largest absolute Gasteiger partial charge is 0.452 e. The summed E-state index contributed by atoms with van der Waals surface area (Å²) in [7, 11) is 0. The molecule has 0 aliphatic heterocycles. The maximum Gasteiger partial charge on any atom is 0.419 e. The molecule has 1 atom stereocenters. The van der Waals surface area contributed by atoms with E-state index in [4.69, 9.17) is 9.15 Å². The minimum absolute atomic E-state index is 0.00168. The van der Waals surface area contributed by atoms with Crippen molar-refractivity contribution in [3.05, 3.63) is 64.9 Å². The summed E-state index contributed by atoms with van der Waals surface area (Å²) < 4.78 is 25.0. The van der Waals surface area contributed by atoms with Crippen LogP contribution < -0.4 is 11.1 Å². The maximum atomic E-state index is 13.6. The molecule has 0 fully saturated rings. The third-order valence-electron chi connectivity index (χ3n) is 3.92. The second kappa shape index (κ2) is 7.86. The molecule has 3 aromatic rings. The highest BCUT2D eigenvalue weighted by Gasteiger charge is 2.19. The first-order chi connectivity index (χ1) is 13.0. The van der Waals surface area contributed by atoms with E-state index < -0.39 is 29.6 Å². The van der Waals surface area contributed by atoms with Crippen molar-refractivity contribution in [2.24, 2.45) is 0 Å². The number of hydrogen-bond acceptors (Lipinski definition) is 5. The lowest BCUT2D eigenvalue weighted by Gasteiger charge is -2.14. The van der Waals surface area contributed by atoms with E-state index >= 15 is 0 Å². The number of aryl methyl sites for hydroxylation is 1. The van der Waals surface area contributed by atoms with Gasteiger partial charge in [-0.25, -0.2) is 9.18 Å². The molecule has 0 spiro atoms. The van der Waals surface area contributed by atoms with Gasteiger partial charge in [-0.05, 0) is 31.2 Å². The lowest BCUT2D eigenvalue weighted by Crippen LogP contribution is -2.30. The number of halogens is 1. The number of benzene rings is 2. The van der Waals surface area contributed by atoms with Crippen molar-refractivity contribution in [3.8, 4) is 0 Å². The summed E-state index contributed by atoms with van der Waals surface area (Å²) in [5.41, 5.74) is 0.996. The average molecular weight is 372 g/mol. The summed E-state index contributed by atoms with van der Waals surface area (Å²) in [5.74, 6) is -2.48. The second-order valence-electron chi connectivity index (χ2n) is 5.84. The number of amides is 1. The molecule has 27 heavy (non-hydrogen) atoms. The Kier molecular flexibility index (Phi) is 5.35. The molecular weight excluding hydrogens is 355 g/mol. The minimum atomic E-state index is -1.12. The fourth-order valence-electron chi connectivity index (χ4n) is 2.54. The van der Waals surface area contributed by atoms with Crippen molar-refractivity contribution >= 4 is 28.7 Å². The third-order valence-corrected chi connectivity index (χ3v) is 3.92. The van der Waals surface area contributed by atoms with Crippen molar-refractivity contribution in [3.63, 3.8) is 0 Å². The monoisotopic (exact) mass is 372 g/mol. The molecule has 1 heterocycles. The van der Waals surface area contributed by atoms with E-state index in [1.165, 1.54) is 29.7 Å². The lowest BCUT2D eigenvalue weighted by atomic mass is 10.3. The summed E-state index contributed by atoms with van der Waals surface area (Å²) in [6, 6.07) is 12.5. The molecule has 140 valence electrons. The Morgan fingerprint density at radius 3 is 2.67 bits per heavy atom. The summed E-state index contributed by atoms with van der Waals surface area (Å²) in [5, 5.41) is 2.36. The van der Waals surface area contributed by atoms with Gasteiger partial charge < -0.3 is 14.5 Å². The maximum absolute atomic E-state index is 13.6. The number of aromatic nitrogens is 1. The van der Waals surface area contributed by atoms with Crippen LogP contribution in [0, 0.1) is 5.82 Å². The molecule has 0 saturated heterocycles. The number of esters is 1. The zero-order valence-electron chi connectivity index (χ0n) is 14.5. The molecule has 0 bridgehead atoms. The van der Waals surface area contributed by atoms with Gasteiger partial charge >= 0.3 is 11.7 Å². The fraction of sp³-hybridized carbons (Fsp3) is 0.211. The number of anilines is 1. The Bertz CT molecular complexity index is 1040. The Balaban J connectivity index is 1.57. The average Bonchev–Trinajstić information content (AvgIpc) is 2.97. The molecule has 8 heteroatoms. The molecule has 0 aliphatic rings. The van der Waals surface area contributed by atoms with Crippen LogP contribution in [0.15, 0.2) is 57.7 Å². The number of hydrogen-bond donors (Lipinski definition) is 1. The molecule has 7 nitrogen and oxygen atoms in total. The van der Waals surface area contributed by atoms with Crippen molar-refractivity contribution < 1.29 is 23.1 Å². The number of carbonyl (C=O) groups is 2. The summed E-state index contributed by atoms with van der Waals surface area (Å²) in [4.78, 5) is 35.9. The van der Waals surface area contributed by atoms with E-state index in [0.717, 1.165) is 0 Å². The van der Waals surface area contributed by atoms with Crippen LogP contribution in [-0.2, 0) is 20.9 Å². The second-order valence-corrected chi connectivity index (χ2v) is 5.84. The molecule has 0 aliphatic carbocycles. The van der Waals surface area contributed by atoms with Gasteiger partial charge in [0, 0.05) is 6.54 Å². The van der Waals surface area contributed by atoms with Gasteiger partial charge in [-0.1, -0.05) is 24.3 Å². The first kappa shape index (κ1) is 18.4. The van der Waals surface area contributed by atoms with Crippen LogP contribution in [0.25, 0.3) is 11.1 Å².